The van der Waals surface area contributed by atoms with Gasteiger partial charge in [0.25, 0.3) is 0 Å². The number of ether oxygens (including phenoxy) is 2. The average Bonchev–Trinajstić information content (AvgIpc) is 3.41. The molecule has 0 atom stereocenters. The molecule has 0 radical (unpaired) electrons. The second-order valence-electron chi connectivity index (χ2n) is 6.96. The maximum absolute atomic E-state index is 5.36. The lowest BCUT2D eigenvalue weighted by Crippen LogP contribution is -2.47. The van der Waals surface area contributed by atoms with E-state index in [2.05, 4.69) is 15.6 Å². The maximum Gasteiger partial charge on any atom is 0.191 e. The molecule has 2 saturated carbocycles. The molecule has 140 valence electrons. The SMILES string of the molecule is CN=C(NCc1ccc(OC)c(OC)c1)NCC1(C2CC2)CCC1.I. The van der Waals surface area contributed by atoms with Crippen molar-refractivity contribution in [3.63, 3.8) is 0 Å². The Morgan fingerprint density at radius 2 is 1.88 bits per heavy atom. The van der Waals surface area contributed by atoms with E-state index in [0.29, 0.717) is 12.0 Å². The number of benzene rings is 1. The Bertz CT molecular complexity index is 598. The summed E-state index contributed by atoms with van der Waals surface area (Å²) in [6.07, 6.45) is 6.96. The molecule has 2 aliphatic carbocycles. The molecule has 1 aromatic rings. The summed E-state index contributed by atoms with van der Waals surface area (Å²) in [5, 5.41) is 6.93. The van der Waals surface area contributed by atoms with Gasteiger partial charge in [-0.3, -0.25) is 4.99 Å². The minimum atomic E-state index is 0. The lowest BCUT2D eigenvalue weighted by molar-refractivity contribution is 0.106. The van der Waals surface area contributed by atoms with E-state index in [9.17, 15) is 0 Å². The number of nitrogens with zero attached hydrogens (tertiary/aromatic N) is 1. The molecule has 0 amide bonds. The van der Waals surface area contributed by atoms with Gasteiger partial charge in [0.2, 0.25) is 0 Å². The van der Waals surface area contributed by atoms with Crippen LogP contribution in [0.25, 0.3) is 0 Å². The molecule has 2 aliphatic rings. The first-order valence-electron chi connectivity index (χ1n) is 8.86. The zero-order valence-electron chi connectivity index (χ0n) is 15.4. The topological polar surface area (TPSA) is 54.9 Å². The van der Waals surface area contributed by atoms with E-state index in [1.54, 1.807) is 14.2 Å². The molecule has 3 rings (SSSR count). The summed E-state index contributed by atoms with van der Waals surface area (Å²) in [4.78, 5) is 4.36. The number of halogens is 1. The first kappa shape index (κ1) is 20.1. The van der Waals surface area contributed by atoms with Crippen LogP contribution in [0.15, 0.2) is 23.2 Å². The van der Waals surface area contributed by atoms with Crippen molar-refractivity contribution in [2.45, 2.75) is 38.6 Å². The summed E-state index contributed by atoms with van der Waals surface area (Å²) < 4.78 is 10.6. The molecule has 0 saturated heterocycles. The van der Waals surface area contributed by atoms with Gasteiger partial charge in [0.05, 0.1) is 14.2 Å². The second-order valence-corrected chi connectivity index (χ2v) is 6.96. The highest BCUT2D eigenvalue weighted by atomic mass is 127. The van der Waals surface area contributed by atoms with Crippen LogP contribution in [0.1, 0.15) is 37.7 Å². The van der Waals surface area contributed by atoms with Crippen molar-refractivity contribution < 1.29 is 9.47 Å². The lowest BCUT2D eigenvalue weighted by atomic mass is 9.65. The third-order valence-corrected chi connectivity index (χ3v) is 5.53. The molecule has 5 nitrogen and oxygen atoms in total. The van der Waals surface area contributed by atoms with Crippen LogP contribution in [0.3, 0.4) is 0 Å². The summed E-state index contributed by atoms with van der Waals surface area (Å²) in [5.74, 6) is 3.32. The summed E-state index contributed by atoms with van der Waals surface area (Å²) >= 11 is 0. The highest BCUT2D eigenvalue weighted by Gasteiger charge is 2.48. The molecular formula is C19H30IN3O2. The third kappa shape index (κ3) is 4.71. The summed E-state index contributed by atoms with van der Waals surface area (Å²) in [7, 11) is 5.14. The Balaban J connectivity index is 0.00000225. The standard InChI is InChI=1S/C19H29N3O2.HI/c1-20-18(22-13-19(9-4-10-19)15-6-7-15)21-12-14-5-8-16(23-2)17(11-14)24-3;/h5,8,11,15H,4,6-7,9-10,12-13H2,1-3H3,(H2,20,21,22);1H. The van der Waals surface area contributed by atoms with Gasteiger partial charge in [0.1, 0.15) is 0 Å². The molecule has 1 aromatic carbocycles. The fourth-order valence-electron chi connectivity index (χ4n) is 3.71. The van der Waals surface area contributed by atoms with E-state index in [1.807, 2.05) is 25.2 Å². The molecule has 0 bridgehead atoms. The minimum absolute atomic E-state index is 0. The van der Waals surface area contributed by atoms with Crippen LogP contribution < -0.4 is 20.1 Å². The summed E-state index contributed by atoms with van der Waals surface area (Å²) in [6, 6.07) is 5.97. The highest BCUT2D eigenvalue weighted by Crippen LogP contribution is 2.56. The van der Waals surface area contributed by atoms with Crippen LogP contribution in [0.2, 0.25) is 0 Å². The van der Waals surface area contributed by atoms with Gasteiger partial charge in [0.15, 0.2) is 17.5 Å². The number of hydrogen-bond acceptors (Lipinski definition) is 3. The maximum atomic E-state index is 5.36. The zero-order valence-corrected chi connectivity index (χ0v) is 17.8. The number of guanidine groups is 1. The van der Waals surface area contributed by atoms with Gasteiger partial charge in [-0.2, -0.15) is 0 Å². The molecule has 6 heteroatoms. The third-order valence-electron chi connectivity index (χ3n) is 5.53. The Labute approximate surface area is 168 Å². The van der Waals surface area contributed by atoms with Crippen molar-refractivity contribution in [2.24, 2.45) is 16.3 Å². The number of methoxy groups -OCH3 is 2. The van der Waals surface area contributed by atoms with E-state index < -0.39 is 0 Å². The number of aliphatic imine (C=N–C) groups is 1. The first-order valence-corrected chi connectivity index (χ1v) is 8.86. The molecule has 2 fully saturated rings. The Morgan fingerprint density at radius 1 is 1.16 bits per heavy atom. The average molecular weight is 459 g/mol. The van der Waals surface area contributed by atoms with Crippen LogP contribution in [0.5, 0.6) is 11.5 Å². The van der Waals surface area contributed by atoms with Gasteiger partial charge in [-0.05, 0) is 54.7 Å². The largest absolute Gasteiger partial charge is 0.493 e. The second kappa shape index (κ2) is 8.96. The van der Waals surface area contributed by atoms with Crippen molar-refractivity contribution >= 4 is 29.9 Å². The number of hydrogen-bond donors (Lipinski definition) is 2. The molecule has 25 heavy (non-hydrogen) atoms. The smallest absolute Gasteiger partial charge is 0.191 e. The van der Waals surface area contributed by atoms with Crippen molar-refractivity contribution in [3.05, 3.63) is 23.8 Å². The number of nitrogens with one attached hydrogen (secondary N) is 2. The van der Waals surface area contributed by atoms with Crippen molar-refractivity contribution in [3.8, 4) is 11.5 Å². The normalized spacial score (nSPS) is 18.6. The molecule has 2 N–H and O–H groups in total. The Kier molecular flexibility index (Phi) is 7.22. The van der Waals surface area contributed by atoms with Gasteiger partial charge in [0, 0.05) is 20.1 Å². The first-order chi connectivity index (χ1) is 11.7. The van der Waals surface area contributed by atoms with Crippen LogP contribution in [-0.4, -0.2) is 33.8 Å². The van der Waals surface area contributed by atoms with Crippen LogP contribution >= 0.6 is 24.0 Å². The van der Waals surface area contributed by atoms with Crippen LogP contribution in [0.4, 0.5) is 0 Å². The predicted molar refractivity (Wildman–Crippen MR) is 112 cm³/mol. The molecule has 0 spiro atoms. The number of rotatable bonds is 7. The molecular weight excluding hydrogens is 429 g/mol. The summed E-state index contributed by atoms with van der Waals surface area (Å²) in [6.45, 7) is 1.75. The van der Waals surface area contributed by atoms with E-state index in [0.717, 1.165) is 35.5 Å². The van der Waals surface area contributed by atoms with Crippen molar-refractivity contribution in [2.75, 3.05) is 27.8 Å². The molecule has 0 heterocycles. The zero-order chi connectivity index (χ0) is 17.0. The van der Waals surface area contributed by atoms with Gasteiger partial charge >= 0.3 is 0 Å². The van der Waals surface area contributed by atoms with Crippen LogP contribution in [0, 0.1) is 11.3 Å². The lowest BCUT2D eigenvalue weighted by Gasteiger charge is -2.43. The van der Waals surface area contributed by atoms with Gasteiger partial charge in [-0.1, -0.05) is 12.5 Å². The Morgan fingerprint density at radius 3 is 2.40 bits per heavy atom. The fraction of sp³-hybridized carbons (Fsp3) is 0.632. The van der Waals surface area contributed by atoms with Gasteiger partial charge < -0.3 is 20.1 Å². The van der Waals surface area contributed by atoms with Crippen LogP contribution in [-0.2, 0) is 6.54 Å². The van der Waals surface area contributed by atoms with E-state index >= 15 is 0 Å². The molecule has 0 aromatic heterocycles. The van der Waals surface area contributed by atoms with Gasteiger partial charge in [-0.15, -0.1) is 24.0 Å². The fourth-order valence-corrected chi connectivity index (χ4v) is 3.71. The molecule has 0 aliphatic heterocycles. The predicted octanol–water partition coefficient (Wildman–Crippen LogP) is 3.57. The summed E-state index contributed by atoms with van der Waals surface area (Å²) in [5.41, 5.74) is 1.68. The van der Waals surface area contributed by atoms with Crippen molar-refractivity contribution in [1.29, 1.82) is 0 Å². The monoisotopic (exact) mass is 459 g/mol. The molecule has 0 unspecified atom stereocenters. The minimum Gasteiger partial charge on any atom is -0.493 e. The van der Waals surface area contributed by atoms with E-state index in [4.69, 9.17) is 9.47 Å². The van der Waals surface area contributed by atoms with Crippen molar-refractivity contribution in [1.82, 2.24) is 10.6 Å². The van der Waals surface area contributed by atoms with E-state index in [1.165, 1.54) is 32.1 Å². The Hall–Kier alpha value is -1.18. The highest BCUT2D eigenvalue weighted by molar-refractivity contribution is 14.0. The van der Waals surface area contributed by atoms with Gasteiger partial charge in [-0.25, -0.2) is 0 Å². The quantitative estimate of drug-likeness (QED) is 0.372. The van der Waals surface area contributed by atoms with E-state index in [-0.39, 0.29) is 24.0 Å².